The summed E-state index contributed by atoms with van der Waals surface area (Å²) in [5.74, 6) is -0.0614. The van der Waals surface area contributed by atoms with Crippen LogP contribution in [-0.2, 0) is 16.1 Å². The largest absolute Gasteiger partial charge is 0.339 e. The van der Waals surface area contributed by atoms with Crippen LogP contribution in [-0.4, -0.2) is 72.8 Å². The summed E-state index contributed by atoms with van der Waals surface area (Å²) < 4.78 is 0. The van der Waals surface area contributed by atoms with Crippen molar-refractivity contribution in [2.24, 2.45) is 0 Å². The Morgan fingerprint density at radius 2 is 1.60 bits per heavy atom. The third-order valence-electron chi connectivity index (χ3n) is 5.20. The van der Waals surface area contributed by atoms with Crippen LogP contribution in [0.1, 0.15) is 11.1 Å². The molecule has 7 heteroatoms. The molecule has 0 bridgehead atoms. The normalized spacial score (nSPS) is 14.7. The molecule has 2 aromatic carbocycles. The lowest BCUT2D eigenvalue weighted by Gasteiger charge is -2.35. The van der Waals surface area contributed by atoms with Gasteiger partial charge in [-0.3, -0.25) is 19.4 Å². The smallest absolute Gasteiger partial charge is 0.238 e. The van der Waals surface area contributed by atoms with Crippen LogP contribution in [0.3, 0.4) is 0 Å². The van der Waals surface area contributed by atoms with Gasteiger partial charge < -0.3 is 10.2 Å². The summed E-state index contributed by atoms with van der Waals surface area (Å²) in [5.41, 5.74) is 3.13. The Labute approximate surface area is 183 Å². The first-order chi connectivity index (χ1) is 14.4. The minimum absolute atomic E-state index is 0.0618. The van der Waals surface area contributed by atoms with E-state index >= 15 is 0 Å². The lowest BCUT2D eigenvalue weighted by molar-refractivity contribution is -0.134. The lowest BCUT2D eigenvalue weighted by Crippen LogP contribution is -2.51. The van der Waals surface area contributed by atoms with Crippen LogP contribution < -0.4 is 5.32 Å². The number of aryl methyl sites for hydroxylation is 1. The van der Waals surface area contributed by atoms with Gasteiger partial charge in [-0.2, -0.15) is 0 Å². The maximum Gasteiger partial charge on any atom is 0.238 e. The topological polar surface area (TPSA) is 55.9 Å². The van der Waals surface area contributed by atoms with Gasteiger partial charge in [0, 0.05) is 43.4 Å². The van der Waals surface area contributed by atoms with Crippen molar-refractivity contribution in [3.63, 3.8) is 0 Å². The van der Waals surface area contributed by atoms with Crippen LogP contribution in [0.5, 0.6) is 0 Å². The molecule has 3 rings (SSSR count). The maximum atomic E-state index is 12.6. The number of carbonyl (C=O) groups is 2. The van der Waals surface area contributed by atoms with Gasteiger partial charge >= 0.3 is 0 Å². The number of anilines is 1. The fourth-order valence-electron chi connectivity index (χ4n) is 3.47. The van der Waals surface area contributed by atoms with E-state index in [1.54, 1.807) is 11.9 Å². The third kappa shape index (κ3) is 6.83. The second kappa shape index (κ2) is 10.6. The van der Waals surface area contributed by atoms with Crippen LogP contribution in [0.15, 0.2) is 48.5 Å². The van der Waals surface area contributed by atoms with E-state index in [9.17, 15) is 9.59 Å². The van der Waals surface area contributed by atoms with Gasteiger partial charge in [-0.25, -0.2) is 0 Å². The Kier molecular flexibility index (Phi) is 7.85. The van der Waals surface area contributed by atoms with Crippen LogP contribution in [0.2, 0.25) is 5.02 Å². The minimum Gasteiger partial charge on any atom is -0.339 e. The number of likely N-dealkylation sites (N-methyl/N-ethyl adjacent to an activating group) is 1. The zero-order valence-corrected chi connectivity index (χ0v) is 18.4. The fourth-order valence-corrected chi connectivity index (χ4v) is 3.60. The molecule has 0 atom stereocenters. The van der Waals surface area contributed by atoms with Gasteiger partial charge in [0.15, 0.2) is 0 Å². The summed E-state index contributed by atoms with van der Waals surface area (Å²) in [6, 6.07) is 15.5. The zero-order chi connectivity index (χ0) is 21.5. The molecule has 0 radical (unpaired) electrons. The number of amides is 2. The molecule has 1 N–H and O–H groups in total. The molecule has 1 heterocycles. The minimum atomic E-state index is -0.123. The fraction of sp³-hybridized carbons (Fsp3) is 0.391. The first-order valence-electron chi connectivity index (χ1n) is 10.2. The van der Waals surface area contributed by atoms with Gasteiger partial charge in [0.25, 0.3) is 0 Å². The van der Waals surface area contributed by atoms with Crippen molar-refractivity contribution in [3.8, 4) is 0 Å². The van der Waals surface area contributed by atoms with Gasteiger partial charge in [0.05, 0.1) is 13.1 Å². The number of nitrogens with zero attached hydrogens (tertiary/aromatic N) is 3. The lowest BCUT2D eigenvalue weighted by atomic mass is 10.2. The third-order valence-corrected chi connectivity index (χ3v) is 5.45. The average molecular weight is 429 g/mol. The van der Waals surface area contributed by atoms with E-state index < -0.39 is 0 Å². The monoisotopic (exact) mass is 428 g/mol. The van der Waals surface area contributed by atoms with Gasteiger partial charge in [-0.05, 0) is 43.8 Å². The molecular formula is C23H29ClN4O2. The SMILES string of the molecule is Cc1ccc(NC(=O)CN(C)CC(=O)N2CCN(Cc3ccc(Cl)cc3)CC2)cc1. The van der Waals surface area contributed by atoms with Crippen molar-refractivity contribution in [1.82, 2.24) is 14.7 Å². The van der Waals surface area contributed by atoms with Gasteiger partial charge in [0.2, 0.25) is 11.8 Å². The van der Waals surface area contributed by atoms with Crippen molar-refractivity contribution in [2.75, 3.05) is 51.6 Å². The summed E-state index contributed by atoms with van der Waals surface area (Å²) in [7, 11) is 1.80. The Hall–Kier alpha value is -2.41. The maximum absolute atomic E-state index is 12.6. The number of rotatable bonds is 7. The first-order valence-corrected chi connectivity index (χ1v) is 10.6. The molecule has 0 spiro atoms. The number of nitrogens with one attached hydrogen (secondary N) is 1. The van der Waals surface area contributed by atoms with Gasteiger partial charge in [-0.15, -0.1) is 0 Å². The highest BCUT2D eigenvalue weighted by Gasteiger charge is 2.22. The van der Waals surface area contributed by atoms with E-state index in [-0.39, 0.29) is 24.9 Å². The Bertz CT molecular complexity index is 847. The Morgan fingerprint density at radius 1 is 0.967 bits per heavy atom. The quantitative estimate of drug-likeness (QED) is 0.736. The van der Waals surface area contributed by atoms with Crippen molar-refractivity contribution < 1.29 is 9.59 Å². The standard InChI is InChI=1S/C23H29ClN4O2/c1-18-3-9-21(10-4-18)25-22(29)16-26(2)17-23(30)28-13-11-27(12-14-28)15-19-5-7-20(24)8-6-19/h3-10H,11-17H2,1-2H3,(H,25,29). The Morgan fingerprint density at radius 3 is 2.23 bits per heavy atom. The number of hydrogen-bond donors (Lipinski definition) is 1. The highest BCUT2D eigenvalue weighted by molar-refractivity contribution is 6.30. The molecule has 1 aliphatic heterocycles. The van der Waals surface area contributed by atoms with E-state index in [1.165, 1.54) is 5.56 Å². The molecule has 2 amide bonds. The van der Waals surface area contributed by atoms with Crippen LogP contribution >= 0.6 is 11.6 Å². The van der Waals surface area contributed by atoms with Crippen molar-refractivity contribution in [2.45, 2.75) is 13.5 Å². The molecule has 1 saturated heterocycles. The molecule has 1 aliphatic rings. The summed E-state index contributed by atoms with van der Waals surface area (Å²) >= 11 is 5.94. The molecule has 0 aromatic heterocycles. The number of halogens is 1. The summed E-state index contributed by atoms with van der Waals surface area (Å²) in [6.45, 7) is 6.36. The molecule has 6 nitrogen and oxygen atoms in total. The van der Waals surface area contributed by atoms with E-state index in [0.717, 1.165) is 35.9 Å². The van der Waals surface area contributed by atoms with E-state index in [4.69, 9.17) is 11.6 Å². The van der Waals surface area contributed by atoms with E-state index in [2.05, 4.69) is 10.2 Å². The van der Waals surface area contributed by atoms with Crippen molar-refractivity contribution >= 4 is 29.1 Å². The second-order valence-electron chi connectivity index (χ2n) is 7.87. The number of benzene rings is 2. The molecule has 0 unspecified atom stereocenters. The zero-order valence-electron chi connectivity index (χ0n) is 17.6. The van der Waals surface area contributed by atoms with Crippen molar-refractivity contribution in [3.05, 3.63) is 64.7 Å². The molecule has 0 saturated carbocycles. The molecule has 0 aliphatic carbocycles. The highest BCUT2D eigenvalue weighted by Crippen LogP contribution is 2.13. The van der Waals surface area contributed by atoms with Crippen LogP contribution in [0.4, 0.5) is 5.69 Å². The number of carbonyl (C=O) groups excluding carboxylic acids is 2. The first kappa shape index (κ1) is 22.3. The number of hydrogen-bond acceptors (Lipinski definition) is 4. The molecule has 30 heavy (non-hydrogen) atoms. The summed E-state index contributed by atoms with van der Waals surface area (Å²) in [4.78, 5) is 30.8. The average Bonchev–Trinajstić information content (AvgIpc) is 2.72. The second-order valence-corrected chi connectivity index (χ2v) is 8.31. The molecule has 2 aromatic rings. The predicted molar refractivity (Wildman–Crippen MR) is 121 cm³/mol. The Balaban J connectivity index is 1.38. The van der Waals surface area contributed by atoms with Crippen LogP contribution in [0, 0.1) is 6.92 Å². The molecular weight excluding hydrogens is 400 g/mol. The molecule has 1 fully saturated rings. The predicted octanol–water partition coefficient (Wildman–Crippen LogP) is 2.86. The van der Waals surface area contributed by atoms with E-state index in [0.29, 0.717) is 13.1 Å². The summed E-state index contributed by atoms with van der Waals surface area (Å²) in [6.07, 6.45) is 0. The van der Waals surface area contributed by atoms with Gasteiger partial charge in [0.1, 0.15) is 0 Å². The van der Waals surface area contributed by atoms with Gasteiger partial charge in [-0.1, -0.05) is 41.4 Å². The highest BCUT2D eigenvalue weighted by atomic mass is 35.5. The van der Waals surface area contributed by atoms with Crippen LogP contribution in [0.25, 0.3) is 0 Å². The van der Waals surface area contributed by atoms with Crippen molar-refractivity contribution in [1.29, 1.82) is 0 Å². The summed E-state index contributed by atoms with van der Waals surface area (Å²) in [5, 5.41) is 3.61. The number of piperazine rings is 1. The van der Waals surface area contributed by atoms with E-state index in [1.807, 2.05) is 60.4 Å². The molecule has 160 valence electrons.